The van der Waals surface area contributed by atoms with Crippen molar-refractivity contribution in [2.75, 3.05) is 0 Å². The lowest BCUT2D eigenvalue weighted by atomic mass is 9.34. The fourth-order valence-corrected chi connectivity index (χ4v) is 7.70. The van der Waals surface area contributed by atoms with Gasteiger partial charge in [-0.05, 0) is 55.7 Å². The molecule has 0 amide bonds. The average Bonchev–Trinajstić information content (AvgIpc) is 3.63. The van der Waals surface area contributed by atoms with Crippen LogP contribution in [0.3, 0.4) is 0 Å². The fraction of sp³-hybridized carbons (Fsp3) is 0.556. The van der Waals surface area contributed by atoms with Crippen molar-refractivity contribution >= 4 is 18.4 Å². The summed E-state index contributed by atoms with van der Waals surface area (Å²) in [5, 5.41) is 0. The summed E-state index contributed by atoms with van der Waals surface area (Å²) < 4.78 is 2.54. The maximum Gasteiger partial charge on any atom is 0.266 e. The lowest BCUT2D eigenvalue weighted by molar-refractivity contribution is 0.0972. The Kier molecular flexibility index (Phi) is 10.1. The van der Waals surface area contributed by atoms with Crippen LogP contribution in [0.15, 0.2) is 48.5 Å². The number of unbranched alkanes of at least 4 members (excludes halogenated alkanes) is 4. The molecule has 1 N–H and O–H groups in total. The number of ketones is 2. The highest BCUT2D eigenvalue weighted by Gasteiger charge is 2.44. The number of hydrogen-bond donors (Lipinski definition) is 1. The van der Waals surface area contributed by atoms with E-state index in [1.54, 1.807) is 0 Å². The van der Waals surface area contributed by atoms with E-state index in [0.717, 1.165) is 49.1 Å². The first-order valence-corrected chi connectivity index (χ1v) is 16.6. The van der Waals surface area contributed by atoms with E-state index in [1.807, 2.05) is 37.3 Å². The molecule has 1 atom stereocenters. The van der Waals surface area contributed by atoms with Gasteiger partial charge in [0.2, 0.25) is 5.78 Å². The second-order valence-corrected chi connectivity index (χ2v) is 12.8. The number of rotatable bonds is 14. The number of aryl methyl sites for hydroxylation is 1. The Hall–Kier alpha value is -2.82. The monoisotopic (exact) mass is 552 g/mol. The van der Waals surface area contributed by atoms with Crippen molar-refractivity contribution in [1.82, 2.24) is 9.46 Å². The molecule has 0 radical (unpaired) electrons. The Labute approximate surface area is 247 Å². The van der Waals surface area contributed by atoms with Crippen LogP contribution < -0.4 is 0 Å². The first-order chi connectivity index (χ1) is 20.0. The van der Waals surface area contributed by atoms with Crippen molar-refractivity contribution in [2.24, 2.45) is 0 Å². The highest BCUT2D eigenvalue weighted by molar-refractivity contribution is 6.61. The molecule has 41 heavy (non-hydrogen) atoms. The van der Waals surface area contributed by atoms with Gasteiger partial charge in [0.25, 0.3) is 6.85 Å². The summed E-state index contributed by atoms with van der Waals surface area (Å²) in [5.41, 5.74) is 5.82. The van der Waals surface area contributed by atoms with E-state index < -0.39 is 0 Å². The Morgan fingerprint density at radius 1 is 0.854 bits per heavy atom. The molecule has 0 spiro atoms. The summed E-state index contributed by atoms with van der Waals surface area (Å²) in [5.74, 6) is 1.81. The zero-order valence-corrected chi connectivity index (χ0v) is 25.6. The highest BCUT2D eigenvalue weighted by Crippen LogP contribution is 2.48. The fourth-order valence-electron chi connectivity index (χ4n) is 7.70. The molecular formula is C36H49BN2O2. The van der Waals surface area contributed by atoms with Crippen molar-refractivity contribution in [3.63, 3.8) is 0 Å². The lowest BCUT2D eigenvalue weighted by Crippen LogP contribution is -2.43. The topological polar surface area (TPSA) is 54.9 Å². The zero-order valence-electron chi connectivity index (χ0n) is 25.6. The summed E-state index contributed by atoms with van der Waals surface area (Å²) >= 11 is 0. The maximum absolute atomic E-state index is 13.7. The van der Waals surface area contributed by atoms with Gasteiger partial charge < -0.3 is 9.46 Å². The average molecular weight is 553 g/mol. The van der Waals surface area contributed by atoms with E-state index in [4.69, 9.17) is 0 Å². The summed E-state index contributed by atoms with van der Waals surface area (Å²) in [6.07, 6.45) is 16.1. The van der Waals surface area contributed by atoms with Crippen molar-refractivity contribution in [3.05, 3.63) is 82.4 Å². The number of nitrogens with one attached hydrogen (secondary N) is 1. The van der Waals surface area contributed by atoms with Gasteiger partial charge in [0.15, 0.2) is 5.78 Å². The highest BCUT2D eigenvalue weighted by atomic mass is 16.1. The standard InChI is InChI=1S/C36H49BN2O2/c1-4-6-8-16-30(31-22-23-32(38-31)36(41)27-20-18-26(3)19-21-27)33-24-25-34(35(40)17-9-7-5-2)39(33)37-28-12-10-13-29(37)15-11-14-28/h18-25,28-30,38H,4-17H2,1-3H3. The van der Waals surface area contributed by atoms with Crippen LogP contribution >= 0.6 is 0 Å². The maximum atomic E-state index is 13.7. The summed E-state index contributed by atoms with van der Waals surface area (Å²) in [4.78, 5) is 30.7. The number of Topliss-reactive ketones (excluding diaryl/α,β-unsaturated/α-hetero) is 1. The third kappa shape index (κ3) is 6.65. The smallest absolute Gasteiger partial charge is 0.266 e. The van der Waals surface area contributed by atoms with Crippen LogP contribution in [0, 0.1) is 6.92 Å². The minimum atomic E-state index is 0.0348. The molecule has 2 saturated heterocycles. The molecule has 218 valence electrons. The molecule has 4 nitrogen and oxygen atoms in total. The number of benzene rings is 1. The second kappa shape index (κ2) is 13.9. The molecule has 2 aromatic heterocycles. The van der Waals surface area contributed by atoms with Gasteiger partial charge in [0.1, 0.15) is 0 Å². The molecule has 5 rings (SSSR count). The Bertz CT molecular complexity index is 1280. The number of aromatic nitrogens is 2. The zero-order chi connectivity index (χ0) is 28.8. The lowest BCUT2D eigenvalue weighted by Gasteiger charge is -2.42. The minimum absolute atomic E-state index is 0.0348. The molecule has 1 aromatic carbocycles. The third-order valence-electron chi connectivity index (χ3n) is 9.90. The largest absolute Gasteiger partial charge is 0.386 e. The van der Waals surface area contributed by atoms with E-state index in [2.05, 4.69) is 41.5 Å². The normalized spacial score (nSPS) is 19.3. The minimum Gasteiger partial charge on any atom is -0.386 e. The number of fused-ring (bicyclic) bond motifs is 2. The number of nitrogens with zero attached hydrogens (tertiary/aromatic N) is 1. The summed E-state index contributed by atoms with van der Waals surface area (Å²) in [7, 11) is 0. The predicted molar refractivity (Wildman–Crippen MR) is 171 cm³/mol. The number of H-pyrrole nitrogens is 1. The summed E-state index contributed by atoms with van der Waals surface area (Å²) in [6, 6.07) is 16.3. The van der Waals surface area contributed by atoms with Crippen LogP contribution in [-0.2, 0) is 0 Å². The van der Waals surface area contributed by atoms with E-state index in [1.165, 1.54) is 57.1 Å². The van der Waals surface area contributed by atoms with E-state index in [0.29, 0.717) is 41.9 Å². The molecule has 1 unspecified atom stereocenters. The van der Waals surface area contributed by atoms with Crippen molar-refractivity contribution < 1.29 is 9.59 Å². The van der Waals surface area contributed by atoms with Crippen LogP contribution in [0.1, 0.15) is 153 Å². The molecule has 4 heterocycles. The second-order valence-electron chi connectivity index (χ2n) is 12.8. The Balaban J connectivity index is 1.54. The molecule has 2 aliphatic heterocycles. The van der Waals surface area contributed by atoms with Crippen LogP contribution in [0.2, 0.25) is 11.6 Å². The Morgan fingerprint density at radius 3 is 2.17 bits per heavy atom. The van der Waals surface area contributed by atoms with Gasteiger partial charge in [-0.15, -0.1) is 0 Å². The molecule has 2 bridgehead atoms. The molecular weight excluding hydrogens is 503 g/mol. The molecule has 2 aliphatic rings. The van der Waals surface area contributed by atoms with Crippen molar-refractivity contribution in [3.8, 4) is 0 Å². The molecule has 2 fully saturated rings. The first-order valence-electron chi connectivity index (χ1n) is 16.6. The number of carbonyl (C=O) groups is 2. The SMILES string of the molecule is CCCCCC(=O)c1ccc(C(CCCCC)c2ccc(C(=O)c3ccc(C)cc3)[nH]2)n1B1C2CCCC1CCC2. The van der Waals surface area contributed by atoms with Gasteiger partial charge in [-0.25, -0.2) is 0 Å². The van der Waals surface area contributed by atoms with Gasteiger partial charge in [0, 0.05) is 29.3 Å². The van der Waals surface area contributed by atoms with Gasteiger partial charge in [-0.2, -0.15) is 0 Å². The van der Waals surface area contributed by atoms with Crippen LogP contribution in [-0.4, -0.2) is 27.9 Å². The van der Waals surface area contributed by atoms with Crippen LogP contribution in [0.25, 0.3) is 0 Å². The number of carbonyl (C=O) groups excluding carboxylic acids is 2. The van der Waals surface area contributed by atoms with Crippen LogP contribution in [0.5, 0.6) is 0 Å². The summed E-state index contributed by atoms with van der Waals surface area (Å²) in [6.45, 7) is 6.91. The van der Waals surface area contributed by atoms with Crippen LogP contribution in [0.4, 0.5) is 0 Å². The Morgan fingerprint density at radius 2 is 1.51 bits per heavy atom. The molecule has 3 aromatic rings. The van der Waals surface area contributed by atoms with Crippen molar-refractivity contribution in [2.45, 2.75) is 128 Å². The van der Waals surface area contributed by atoms with Gasteiger partial charge in [-0.3, -0.25) is 9.59 Å². The van der Waals surface area contributed by atoms with Gasteiger partial charge >= 0.3 is 0 Å². The van der Waals surface area contributed by atoms with E-state index in [9.17, 15) is 9.59 Å². The van der Waals surface area contributed by atoms with Gasteiger partial charge in [0.05, 0.1) is 11.4 Å². The third-order valence-corrected chi connectivity index (χ3v) is 9.90. The predicted octanol–water partition coefficient (Wildman–Crippen LogP) is 9.78. The molecule has 5 heteroatoms. The quantitative estimate of drug-likeness (QED) is 0.123. The van der Waals surface area contributed by atoms with Gasteiger partial charge in [-0.1, -0.05) is 114 Å². The van der Waals surface area contributed by atoms with E-state index in [-0.39, 0.29) is 11.7 Å². The molecule has 0 aliphatic carbocycles. The number of hydrogen-bond acceptors (Lipinski definition) is 2. The first kappa shape index (κ1) is 29.7. The number of aromatic amines is 1. The molecule has 0 saturated carbocycles. The van der Waals surface area contributed by atoms with E-state index >= 15 is 0 Å². The van der Waals surface area contributed by atoms with Crippen molar-refractivity contribution in [1.29, 1.82) is 0 Å².